The van der Waals surface area contributed by atoms with Crippen LogP contribution in [0.2, 0.25) is 7.25 Å². The molecule has 2 saturated carbocycles. The van der Waals surface area contributed by atoms with Crippen LogP contribution in [0, 0.1) is 35.5 Å². The predicted octanol–water partition coefficient (Wildman–Crippen LogP) is 1.01. The maximum absolute atomic E-state index is 2.54. The van der Waals surface area contributed by atoms with E-state index in [1.54, 1.807) is 0 Å². The van der Waals surface area contributed by atoms with Crippen LogP contribution in [0.15, 0.2) is 47.6 Å². The maximum Gasteiger partial charge on any atom is -1.00 e. The van der Waals surface area contributed by atoms with E-state index in [-0.39, 0.29) is 24.8 Å². The molecule has 0 aromatic heterocycles. The first-order chi connectivity index (χ1) is 12.1. The van der Waals surface area contributed by atoms with Crippen molar-refractivity contribution in [3.8, 4) is 0 Å². The van der Waals surface area contributed by atoms with Gasteiger partial charge in [-0.05, 0) is 0 Å². The molecule has 0 bridgehead atoms. The van der Waals surface area contributed by atoms with E-state index in [0.717, 1.165) is 42.8 Å². The minimum absolute atomic E-state index is 0. The molecule has 0 aromatic carbocycles. The van der Waals surface area contributed by atoms with E-state index < -0.39 is 23.2 Å². The monoisotopic (exact) mass is 482 g/mol. The summed E-state index contributed by atoms with van der Waals surface area (Å²) in [6.07, 6.45) is 20.2. The fourth-order valence-electron chi connectivity index (χ4n) is 5.94. The van der Waals surface area contributed by atoms with Crippen LogP contribution in [-0.4, -0.2) is 0 Å². The van der Waals surface area contributed by atoms with Crippen molar-refractivity contribution in [2.75, 3.05) is 0 Å². The fraction of sp³-hybridized carbons (Fsp3) is 0.667. The molecule has 0 aliphatic heterocycles. The number of halogens is 2. The van der Waals surface area contributed by atoms with Crippen molar-refractivity contribution < 1.29 is 48.0 Å². The normalized spacial score (nSPS) is 36.4. The minimum Gasteiger partial charge on any atom is -1.00 e. The Morgan fingerprint density at radius 1 is 0.741 bits per heavy atom. The molecule has 0 nitrogen and oxygen atoms in total. The largest absolute Gasteiger partial charge is 1.00 e. The topological polar surface area (TPSA) is 0 Å². The quantitative estimate of drug-likeness (QED) is 0.559. The second-order valence-electron chi connectivity index (χ2n) is 9.46. The number of rotatable bonds is 4. The van der Waals surface area contributed by atoms with Crippen LogP contribution in [0.3, 0.4) is 0 Å². The van der Waals surface area contributed by atoms with Crippen LogP contribution in [0.1, 0.15) is 53.4 Å². The van der Waals surface area contributed by atoms with Gasteiger partial charge in [-0.15, -0.1) is 0 Å². The third-order valence-corrected chi connectivity index (χ3v) is 12.9. The van der Waals surface area contributed by atoms with Gasteiger partial charge in [0, 0.05) is 0 Å². The van der Waals surface area contributed by atoms with Gasteiger partial charge >= 0.3 is 167 Å². The van der Waals surface area contributed by atoms with E-state index in [0.29, 0.717) is 0 Å². The number of hydrogen-bond acceptors (Lipinski definition) is 0. The molecule has 0 aromatic rings. The zero-order valence-electron chi connectivity index (χ0n) is 17.2. The van der Waals surface area contributed by atoms with Gasteiger partial charge in [-0.1, -0.05) is 0 Å². The van der Waals surface area contributed by atoms with Gasteiger partial charge in [-0.2, -0.15) is 0 Å². The van der Waals surface area contributed by atoms with Gasteiger partial charge in [0.25, 0.3) is 0 Å². The van der Waals surface area contributed by atoms with Gasteiger partial charge in [0.2, 0.25) is 0 Å². The Kier molecular flexibility index (Phi) is 8.74. The molecular formula is C24H34Cl2Zr. The Hall–Kier alpha value is 0.423. The molecular weight excluding hydrogens is 450 g/mol. The maximum atomic E-state index is 2.54. The fourth-order valence-corrected chi connectivity index (χ4v) is 13.2. The summed E-state index contributed by atoms with van der Waals surface area (Å²) in [7, 11) is 0. The van der Waals surface area contributed by atoms with Crippen molar-refractivity contribution >= 4 is 0 Å². The molecule has 6 unspecified atom stereocenters. The molecule has 27 heavy (non-hydrogen) atoms. The summed E-state index contributed by atoms with van der Waals surface area (Å²) in [5, 5.41) is 0. The van der Waals surface area contributed by atoms with Gasteiger partial charge in [-0.25, -0.2) is 0 Å². The van der Waals surface area contributed by atoms with Crippen LogP contribution in [0.4, 0.5) is 0 Å². The number of allylic oxidation sites excluding steroid dienone is 8. The van der Waals surface area contributed by atoms with E-state index >= 15 is 0 Å². The molecule has 6 atom stereocenters. The first-order valence-electron chi connectivity index (χ1n) is 10.6. The van der Waals surface area contributed by atoms with Gasteiger partial charge in [-0.3, -0.25) is 0 Å². The van der Waals surface area contributed by atoms with Crippen LogP contribution in [0.25, 0.3) is 0 Å². The molecule has 0 radical (unpaired) electrons. The third kappa shape index (κ3) is 4.62. The summed E-state index contributed by atoms with van der Waals surface area (Å²) in [6, 6.07) is 0. The van der Waals surface area contributed by atoms with Crippen molar-refractivity contribution in [3.63, 3.8) is 0 Å². The van der Waals surface area contributed by atoms with Crippen LogP contribution < -0.4 is 24.8 Å². The summed E-state index contributed by atoms with van der Waals surface area (Å²) in [5.74, 6) is 5.42. The standard InChI is InChI=1S/2C12H17.2ClH.Zr/c2*1-9(2)12-7-10-5-3-4-6-11(10)8-12;;;/h2*3-5,7,9,11-12H,6,8H2,1-2H3;2*1H;/q;;;;+2/p-2. The zero-order chi connectivity index (χ0) is 17.6. The Balaban J connectivity index is 0.00000131. The van der Waals surface area contributed by atoms with E-state index in [1.165, 1.54) is 25.7 Å². The molecule has 3 heteroatoms. The van der Waals surface area contributed by atoms with Gasteiger partial charge in [0.1, 0.15) is 0 Å². The Morgan fingerprint density at radius 3 is 1.52 bits per heavy atom. The van der Waals surface area contributed by atoms with E-state index in [9.17, 15) is 0 Å². The number of fused-ring (bicyclic) bond motifs is 2. The van der Waals surface area contributed by atoms with Gasteiger partial charge in [0.15, 0.2) is 0 Å². The third-order valence-electron chi connectivity index (χ3n) is 7.39. The van der Waals surface area contributed by atoms with E-state index in [4.69, 9.17) is 0 Å². The summed E-state index contributed by atoms with van der Waals surface area (Å²) in [4.78, 5) is 0. The molecule has 0 spiro atoms. The van der Waals surface area contributed by atoms with Crippen LogP contribution in [-0.2, 0) is 23.2 Å². The van der Waals surface area contributed by atoms with Crippen molar-refractivity contribution in [2.24, 2.45) is 35.5 Å². The molecule has 4 aliphatic rings. The summed E-state index contributed by atoms with van der Waals surface area (Å²) in [5.41, 5.74) is 3.76. The summed E-state index contributed by atoms with van der Waals surface area (Å²) < 4.78 is 1.99. The van der Waals surface area contributed by atoms with Crippen molar-refractivity contribution in [1.82, 2.24) is 0 Å². The van der Waals surface area contributed by atoms with Crippen LogP contribution >= 0.6 is 0 Å². The second kappa shape index (κ2) is 9.95. The van der Waals surface area contributed by atoms with E-state index in [2.05, 4.69) is 64.2 Å². The Morgan fingerprint density at radius 2 is 1.15 bits per heavy atom. The molecule has 4 rings (SSSR count). The van der Waals surface area contributed by atoms with Crippen LogP contribution in [0.5, 0.6) is 0 Å². The molecule has 4 aliphatic carbocycles. The van der Waals surface area contributed by atoms with Crippen molar-refractivity contribution in [3.05, 3.63) is 47.6 Å². The first kappa shape index (κ1) is 23.7. The smallest absolute Gasteiger partial charge is 1.00 e. The minimum atomic E-state index is -0.503. The Labute approximate surface area is 190 Å². The molecule has 0 N–H and O–H groups in total. The summed E-state index contributed by atoms with van der Waals surface area (Å²) in [6.45, 7) is 9.95. The van der Waals surface area contributed by atoms with Gasteiger partial charge < -0.3 is 24.8 Å². The molecule has 0 heterocycles. The average molecular weight is 485 g/mol. The molecule has 0 amide bonds. The average Bonchev–Trinajstić information content (AvgIpc) is 3.15. The Bertz CT molecular complexity index is 574. The van der Waals surface area contributed by atoms with E-state index in [1.807, 2.05) is 11.1 Å². The SMILES string of the molecule is CC(C)C1CC2CC=CC=C2[CH]1[Zr+2][CH]1C2=CC=CCC2CC1C(C)C.[Cl-].[Cl-]. The molecule has 2 fully saturated rings. The second-order valence-corrected chi connectivity index (χ2v) is 13.3. The number of hydrogen-bond donors (Lipinski definition) is 0. The zero-order valence-corrected chi connectivity index (χ0v) is 21.1. The predicted molar refractivity (Wildman–Crippen MR) is 104 cm³/mol. The summed E-state index contributed by atoms with van der Waals surface area (Å²) >= 11 is -0.503. The molecule has 0 saturated heterocycles. The van der Waals surface area contributed by atoms with Crippen molar-refractivity contribution in [2.45, 2.75) is 60.6 Å². The first-order valence-corrected chi connectivity index (χ1v) is 13.4. The van der Waals surface area contributed by atoms with Crippen molar-refractivity contribution in [1.29, 1.82) is 0 Å². The van der Waals surface area contributed by atoms with Gasteiger partial charge in [0.05, 0.1) is 0 Å². The molecule has 148 valence electrons.